The van der Waals surface area contributed by atoms with Gasteiger partial charge in [-0.15, -0.1) is 0 Å². The van der Waals surface area contributed by atoms with Crippen LogP contribution in [0.5, 0.6) is 0 Å². The molecule has 2 aromatic rings. The third kappa shape index (κ3) is 5.75. The summed E-state index contributed by atoms with van der Waals surface area (Å²) in [6.45, 7) is 2.23. The molecule has 0 bridgehead atoms. The molecule has 0 saturated carbocycles. The number of benzene rings is 2. The topological polar surface area (TPSA) is 81.8 Å². The number of hydrogen-bond donors (Lipinski definition) is 2. The van der Waals surface area contributed by atoms with Gasteiger partial charge in [-0.1, -0.05) is 12.1 Å². The number of carbonyl (C=O) groups is 1. The summed E-state index contributed by atoms with van der Waals surface area (Å²) in [7, 11) is -3.14. The van der Waals surface area contributed by atoms with Crippen LogP contribution in [0.3, 0.4) is 0 Å². The van der Waals surface area contributed by atoms with Crippen molar-refractivity contribution in [2.24, 2.45) is 0 Å². The number of piperazine rings is 1. The first-order valence-electron chi connectivity index (χ1n) is 8.91. The number of carbonyl (C=O) groups excluding carboxylic acids is 1. The fourth-order valence-electron chi connectivity index (χ4n) is 3.01. The summed E-state index contributed by atoms with van der Waals surface area (Å²) in [6, 6.07) is 14.7. The molecule has 1 fully saturated rings. The zero-order valence-electron chi connectivity index (χ0n) is 15.8. The van der Waals surface area contributed by atoms with Gasteiger partial charge in [0.2, 0.25) is 10.0 Å². The van der Waals surface area contributed by atoms with Gasteiger partial charge in [0.05, 0.1) is 11.8 Å². The van der Waals surface area contributed by atoms with Crippen LogP contribution in [0, 0.1) is 0 Å². The number of anilines is 2. The average molecular weight is 497 g/mol. The molecule has 1 heterocycles. The van der Waals surface area contributed by atoms with Crippen molar-refractivity contribution in [3.05, 3.63) is 58.6 Å². The van der Waals surface area contributed by atoms with Crippen molar-refractivity contribution >= 4 is 60.6 Å². The molecule has 7 nitrogen and oxygen atoms in total. The Morgan fingerprint density at radius 3 is 2.24 bits per heavy atom. The molecule has 2 aromatic carbocycles. The lowest BCUT2D eigenvalue weighted by Gasteiger charge is -2.34. The van der Waals surface area contributed by atoms with Crippen molar-refractivity contribution in [3.8, 4) is 0 Å². The van der Waals surface area contributed by atoms with Crippen LogP contribution in [0.4, 0.5) is 11.4 Å². The summed E-state index contributed by atoms with van der Waals surface area (Å²) >= 11 is 8.58. The third-order valence-corrected chi connectivity index (χ3v) is 6.74. The zero-order valence-corrected chi connectivity index (χ0v) is 19.0. The largest absolute Gasteiger partial charge is 0.369 e. The van der Waals surface area contributed by atoms with Crippen molar-refractivity contribution in [3.63, 3.8) is 0 Å². The fraction of sp³-hybridized carbons (Fsp3) is 0.263. The number of sulfonamides is 1. The minimum atomic E-state index is -3.14. The molecule has 2 N–H and O–H groups in total. The van der Waals surface area contributed by atoms with E-state index >= 15 is 0 Å². The highest BCUT2D eigenvalue weighted by Crippen LogP contribution is 2.20. The Morgan fingerprint density at radius 2 is 1.66 bits per heavy atom. The summed E-state index contributed by atoms with van der Waals surface area (Å²) in [6.07, 6.45) is 1.24. The quantitative estimate of drug-likeness (QED) is 0.633. The number of amides is 1. The molecule has 0 aliphatic carbocycles. The van der Waals surface area contributed by atoms with Crippen molar-refractivity contribution in [2.45, 2.75) is 0 Å². The van der Waals surface area contributed by atoms with E-state index in [2.05, 4.69) is 31.5 Å². The van der Waals surface area contributed by atoms with E-state index in [0.717, 1.165) is 11.4 Å². The Balaban J connectivity index is 1.55. The van der Waals surface area contributed by atoms with Crippen molar-refractivity contribution in [1.82, 2.24) is 9.62 Å². The molecule has 1 amide bonds. The molecular formula is C19H21BrN4O3S2. The summed E-state index contributed by atoms with van der Waals surface area (Å²) in [5.41, 5.74) is 2.26. The molecule has 1 saturated heterocycles. The lowest BCUT2D eigenvalue weighted by Crippen LogP contribution is -2.48. The van der Waals surface area contributed by atoms with Crippen LogP contribution in [-0.2, 0) is 10.0 Å². The zero-order chi connectivity index (χ0) is 21.0. The molecule has 10 heteroatoms. The molecule has 0 aromatic heterocycles. The number of hydrogen-bond acceptors (Lipinski definition) is 5. The number of halogens is 1. The van der Waals surface area contributed by atoms with Crippen LogP contribution < -0.4 is 15.5 Å². The SMILES string of the molecule is CS(=O)(=O)N1CCN(c2ccc(NC(=S)NC(=O)c3ccccc3Br)cc2)CC1. The highest BCUT2D eigenvalue weighted by atomic mass is 79.9. The van der Waals surface area contributed by atoms with Gasteiger partial charge >= 0.3 is 0 Å². The molecule has 0 atom stereocenters. The van der Waals surface area contributed by atoms with Crippen LogP contribution in [0.2, 0.25) is 0 Å². The molecule has 0 unspecified atom stereocenters. The Bertz CT molecular complexity index is 1000. The first-order chi connectivity index (χ1) is 13.7. The van der Waals surface area contributed by atoms with Crippen LogP contribution in [0.15, 0.2) is 53.0 Å². The van der Waals surface area contributed by atoms with Gasteiger partial charge in [-0.2, -0.15) is 4.31 Å². The van der Waals surface area contributed by atoms with E-state index in [-0.39, 0.29) is 11.0 Å². The van der Waals surface area contributed by atoms with Crippen LogP contribution in [-0.4, -0.2) is 56.2 Å². The maximum atomic E-state index is 12.3. The number of rotatable bonds is 4. The van der Waals surface area contributed by atoms with Gasteiger partial charge < -0.3 is 10.2 Å². The van der Waals surface area contributed by atoms with Gasteiger partial charge in [-0.05, 0) is 64.5 Å². The molecule has 154 valence electrons. The normalized spacial score (nSPS) is 15.0. The monoisotopic (exact) mass is 496 g/mol. The molecular weight excluding hydrogens is 476 g/mol. The summed E-state index contributed by atoms with van der Waals surface area (Å²) < 4.78 is 25.4. The van der Waals surface area contributed by atoms with E-state index in [1.54, 1.807) is 18.2 Å². The predicted octanol–water partition coefficient (Wildman–Crippen LogP) is 2.66. The van der Waals surface area contributed by atoms with E-state index in [9.17, 15) is 13.2 Å². The minimum absolute atomic E-state index is 0.209. The fourth-order valence-corrected chi connectivity index (χ4v) is 4.51. The number of nitrogens with one attached hydrogen (secondary N) is 2. The van der Waals surface area contributed by atoms with Crippen molar-refractivity contribution < 1.29 is 13.2 Å². The summed E-state index contributed by atoms with van der Waals surface area (Å²) in [5.74, 6) is -0.296. The molecule has 1 aliphatic rings. The lowest BCUT2D eigenvalue weighted by molar-refractivity contribution is 0.0977. The minimum Gasteiger partial charge on any atom is -0.369 e. The van der Waals surface area contributed by atoms with Gasteiger partial charge in [0.25, 0.3) is 5.91 Å². The second-order valence-electron chi connectivity index (χ2n) is 6.58. The first kappa shape index (κ1) is 21.7. The molecule has 0 radical (unpaired) electrons. The second-order valence-corrected chi connectivity index (χ2v) is 9.83. The van der Waals surface area contributed by atoms with E-state index in [1.165, 1.54) is 10.6 Å². The lowest BCUT2D eigenvalue weighted by atomic mass is 10.2. The maximum Gasteiger partial charge on any atom is 0.258 e. The van der Waals surface area contributed by atoms with Crippen molar-refractivity contribution in [1.29, 1.82) is 0 Å². The highest BCUT2D eigenvalue weighted by molar-refractivity contribution is 9.10. The van der Waals surface area contributed by atoms with Crippen molar-refractivity contribution in [2.75, 3.05) is 42.7 Å². The van der Waals surface area contributed by atoms with Crippen LogP contribution in [0.25, 0.3) is 0 Å². The maximum absolute atomic E-state index is 12.3. The number of thiocarbonyl (C=S) groups is 1. The second kappa shape index (κ2) is 9.21. The van der Waals surface area contributed by atoms with E-state index < -0.39 is 10.0 Å². The summed E-state index contributed by atoms with van der Waals surface area (Å²) in [5, 5.41) is 5.87. The Morgan fingerprint density at radius 1 is 1.03 bits per heavy atom. The molecule has 0 spiro atoms. The Labute approximate surface area is 184 Å². The van der Waals surface area contributed by atoms with Gasteiger partial charge in [0.1, 0.15) is 0 Å². The molecule has 29 heavy (non-hydrogen) atoms. The molecule has 1 aliphatic heterocycles. The first-order valence-corrected chi connectivity index (χ1v) is 12.0. The van der Waals surface area contributed by atoms with Gasteiger partial charge in [-0.25, -0.2) is 8.42 Å². The molecule has 3 rings (SSSR count). The highest BCUT2D eigenvalue weighted by Gasteiger charge is 2.23. The van der Waals surface area contributed by atoms with Crippen LogP contribution in [0.1, 0.15) is 10.4 Å². The average Bonchev–Trinajstić information content (AvgIpc) is 2.68. The van der Waals surface area contributed by atoms with E-state index in [1.807, 2.05) is 30.3 Å². The van der Waals surface area contributed by atoms with Gasteiger partial charge in [0, 0.05) is 42.0 Å². The number of nitrogens with zero attached hydrogens (tertiary/aromatic N) is 2. The van der Waals surface area contributed by atoms with Gasteiger partial charge in [0.15, 0.2) is 5.11 Å². The van der Waals surface area contributed by atoms with Gasteiger partial charge in [-0.3, -0.25) is 10.1 Å². The smallest absolute Gasteiger partial charge is 0.258 e. The summed E-state index contributed by atoms with van der Waals surface area (Å²) in [4.78, 5) is 14.4. The van der Waals surface area contributed by atoms with E-state index in [4.69, 9.17) is 12.2 Å². The van der Waals surface area contributed by atoms with E-state index in [0.29, 0.717) is 36.2 Å². The van der Waals surface area contributed by atoms with Crippen LogP contribution >= 0.6 is 28.1 Å². The predicted molar refractivity (Wildman–Crippen MR) is 123 cm³/mol. The third-order valence-electron chi connectivity index (χ3n) is 4.54. The Hall–Kier alpha value is -2.01. The Kier molecular flexibility index (Phi) is 6.89. The standard InChI is InChI=1S/C19H21BrN4O3S2/c1-29(26,27)24-12-10-23(11-13-24)15-8-6-14(7-9-15)21-19(28)22-18(25)16-4-2-3-5-17(16)20/h2-9H,10-13H2,1H3,(H2,21,22,25,28).